The van der Waals surface area contributed by atoms with Crippen molar-refractivity contribution in [1.29, 1.82) is 0 Å². The lowest BCUT2D eigenvalue weighted by molar-refractivity contribution is 0.00578. The third-order valence-corrected chi connectivity index (χ3v) is 7.10. The minimum Gasteiger partial charge on any atom is -0.583 e. The summed E-state index contributed by atoms with van der Waals surface area (Å²) >= 11 is 0. The van der Waals surface area contributed by atoms with Crippen molar-refractivity contribution in [3.63, 3.8) is 0 Å². The first-order valence-corrected chi connectivity index (χ1v) is 11.5. The van der Waals surface area contributed by atoms with Crippen LogP contribution in [0, 0.1) is 0 Å². The monoisotopic (exact) mass is 311 g/mol. The van der Waals surface area contributed by atoms with Crippen molar-refractivity contribution in [2.75, 3.05) is 0 Å². The zero-order valence-corrected chi connectivity index (χ0v) is 15.9. The van der Waals surface area contributed by atoms with Crippen LogP contribution in [0.1, 0.15) is 66.7 Å². The van der Waals surface area contributed by atoms with Crippen LogP contribution in [0.4, 0.5) is 0 Å². The lowest BCUT2D eigenvalue weighted by Gasteiger charge is -2.39. The normalized spacial score (nSPS) is 28.0. The van der Waals surface area contributed by atoms with Gasteiger partial charge in [0.05, 0.1) is 0 Å². The van der Waals surface area contributed by atoms with Crippen molar-refractivity contribution >= 4 is 15.1 Å². The molecule has 0 radical (unpaired) electrons. The zero-order chi connectivity index (χ0) is 15.9. The van der Waals surface area contributed by atoms with E-state index in [2.05, 4.69) is 53.4 Å². The van der Waals surface area contributed by atoms with E-state index in [1.165, 1.54) is 31.2 Å². The van der Waals surface area contributed by atoms with Gasteiger partial charge >= 0.3 is 6.75 Å². The fourth-order valence-corrected chi connectivity index (χ4v) is 5.70. The Morgan fingerprint density at radius 3 is 2.10 bits per heavy atom. The van der Waals surface area contributed by atoms with Crippen LogP contribution in [0.25, 0.3) is 0 Å². The second-order valence-corrected chi connectivity index (χ2v) is 11.9. The Morgan fingerprint density at radius 2 is 1.57 bits per heavy atom. The Morgan fingerprint density at radius 1 is 1.00 bits per heavy atom. The standard InChI is InChI=1S/C16H32BO3Si/c1-8-9-10-11-12-14-13-21(6,7)20-17(14)18-15(2,3)16(4,5)19-17/h13H,8-12H2,1-7H3/q-1. The van der Waals surface area contributed by atoms with Crippen molar-refractivity contribution in [1.82, 2.24) is 0 Å². The van der Waals surface area contributed by atoms with Crippen LogP contribution in [-0.2, 0) is 13.7 Å². The van der Waals surface area contributed by atoms with Gasteiger partial charge < -0.3 is 13.7 Å². The van der Waals surface area contributed by atoms with Gasteiger partial charge in [-0.25, -0.2) is 0 Å². The highest BCUT2D eigenvalue weighted by molar-refractivity contribution is 6.91. The molecule has 0 bridgehead atoms. The highest BCUT2D eigenvalue weighted by Crippen LogP contribution is 2.49. The molecule has 0 aromatic heterocycles. The maximum atomic E-state index is 6.40. The van der Waals surface area contributed by atoms with Crippen LogP contribution in [0.3, 0.4) is 0 Å². The van der Waals surface area contributed by atoms with Gasteiger partial charge in [-0.3, -0.25) is 0 Å². The summed E-state index contributed by atoms with van der Waals surface area (Å²) in [4.78, 5) is 0. The molecule has 2 heterocycles. The molecule has 0 aromatic rings. The van der Waals surface area contributed by atoms with Crippen LogP contribution >= 0.6 is 0 Å². The summed E-state index contributed by atoms with van der Waals surface area (Å²) in [5.74, 6) is 0. The number of hydrogen-bond donors (Lipinski definition) is 0. The van der Waals surface area contributed by atoms with Crippen LogP contribution in [0.5, 0.6) is 0 Å². The predicted octanol–water partition coefficient (Wildman–Crippen LogP) is 4.74. The second kappa shape index (κ2) is 5.52. The first-order valence-electron chi connectivity index (χ1n) is 8.50. The van der Waals surface area contributed by atoms with Gasteiger partial charge in [-0.15, -0.1) is 5.70 Å². The van der Waals surface area contributed by atoms with Gasteiger partial charge in [0.25, 0.3) is 0 Å². The molecule has 0 saturated carbocycles. The Bertz CT molecular complexity index is 413. The molecule has 122 valence electrons. The summed E-state index contributed by atoms with van der Waals surface area (Å²) in [5, 5.41) is 0. The molecule has 3 nitrogen and oxygen atoms in total. The second-order valence-electron chi connectivity index (χ2n) is 8.15. The van der Waals surface area contributed by atoms with E-state index in [4.69, 9.17) is 13.7 Å². The van der Waals surface area contributed by atoms with Crippen molar-refractivity contribution in [3.05, 3.63) is 11.2 Å². The molecule has 1 saturated heterocycles. The van der Waals surface area contributed by atoms with E-state index in [9.17, 15) is 0 Å². The number of rotatable bonds is 5. The topological polar surface area (TPSA) is 27.7 Å². The van der Waals surface area contributed by atoms with E-state index in [1.54, 1.807) is 0 Å². The molecule has 2 aliphatic rings. The fraction of sp³-hybridized carbons (Fsp3) is 0.875. The number of allylic oxidation sites excluding steroid dienone is 1. The molecule has 0 aliphatic carbocycles. The molecule has 0 unspecified atom stereocenters. The van der Waals surface area contributed by atoms with E-state index in [1.807, 2.05) is 0 Å². The molecule has 0 amide bonds. The highest BCUT2D eigenvalue weighted by Gasteiger charge is 2.57. The van der Waals surface area contributed by atoms with Crippen molar-refractivity contribution in [2.24, 2.45) is 0 Å². The quantitative estimate of drug-likeness (QED) is 0.542. The van der Waals surface area contributed by atoms with Crippen LogP contribution < -0.4 is 0 Å². The van der Waals surface area contributed by atoms with Gasteiger partial charge in [-0.1, -0.05) is 39.0 Å². The molecule has 5 heteroatoms. The average molecular weight is 311 g/mol. The summed E-state index contributed by atoms with van der Waals surface area (Å²) < 4.78 is 19.2. The van der Waals surface area contributed by atoms with E-state index < -0.39 is 15.1 Å². The van der Waals surface area contributed by atoms with Gasteiger partial charge in [0.2, 0.25) is 0 Å². The van der Waals surface area contributed by atoms with Crippen molar-refractivity contribution in [2.45, 2.75) is 91.0 Å². The van der Waals surface area contributed by atoms with E-state index in [0.29, 0.717) is 0 Å². The fourth-order valence-electron chi connectivity index (χ4n) is 3.35. The molecule has 0 atom stereocenters. The van der Waals surface area contributed by atoms with Gasteiger partial charge in [0.1, 0.15) is 0 Å². The minimum atomic E-state index is -1.82. The molecule has 0 aromatic carbocycles. The lowest BCUT2D eigenvalue weighted by Crippen LogP contribution is -2.46. The highest BCUT2D eigenvalue weighted by atomic mass is 28.4. The summed E-state index contributed by atoms with van der Waals surface area (Å²) in [7, 11) is -1.82. The summed E-state index contributed by atoms with van der Waals surface area (Å²) in [6.45, 7) is 13.4. The maximum Gasteiger partial charge on any atom is 0.396 e. The Labute approximate surface area is 131 Å². The van der Waals surface area contributed by atoms with Crippen molar-refractivity contribution in [3.8, 4) is 0 Å². The van der Waals surface area contributed by atoms with Crippen LogP contribution in [0.15, 0.2) is 11.2 Å². The Balaban J connectivity index is 2.17. The zero-order valence-electron chi connectivity index (χ0n) is 14.9. The molecule has 2 rings (SSSR count). The first-order chi connectivity index (χ1) is 9.54. The van der Waals surface area contributed by atoms with Crippen molar-refractivity contribution < 1.29 is 13.7 Å². The van der Waals surface area contributed by atoms with Gasteiger partial charge in [-0.05, 0) is 40.8 Å². The summed E-state index contributed by atoms with van der Waals surface area (Å²) in [6.07, 6.45) is 6.08. The molecule has 2 aliphatic heterocycles. The molecule has 1 fully saturated rings. The predicted molar refractivity (Wildman–Crippen MR) is 91.5 cm³/mol. The molecular formula is C16H32BO3Si-. The Kier molecular flexibility index (Phi) is 4.53. The van der Waals surface area contributed by atoms with E-state index in [0.717, 1.165) is 6.42 Å². The third-order valence-electron chi connectivity index (χ3n) is 5.11. The average Bonchev–Trinajstić information content (AvgIpc) is 2.63. The van der Waals surface area contributed by atoms with Gasteiger partial charge in [0, 0.05) is 11.2 Å². The van der Waals surface area contributed by atoms with Crippen LogP contribution in [0.2, 0.25) is 13.1 Å². The minimum absolute atomic E-state index is 0.329. The SMILES string of the molecule is CCCCCCC1=C[Si](C)(C)O[B-]12OC(C)(C)C(C)(C)O2. The maximum absolute atomic E-state index is 6.40. The molecular weight excluding hydrogens is 279 g/mol. The van der Waals surface area contributed by atoms with E-state index in [-0.39, 0.29) is 11.2 Å². The number of hydrogen-bond acceptors (Lipinski definition) is 3. The molecule has 0 N–H and O–H groups in total. The van der Waals surface area contributed by atoms with Gasteiger partial charge in [0.15, 0.2) is 8.32 Å². The molecule has 1 spiro atoms. The molecule has 21 heavy (non-hydrogen) atoms. The summed E-state index contributed by atoms with van der Waals surface area (Å²) in [6, 6.07) is 0. The largest absolute Gasteiger partial charge is 0.583 e. The summed E-state index contributed by atoms with van der Waals surface area (Å²) in [5.41, 5.74) is 2.98. The van der Waals surface area contributed by atoms with Crippen LogP contribution in [-0.4, -0.2) is 26.3 Å². The van der Waals surface area contributed by atoms with Gasteiger partial charge in [-0.2, -0.15) is 5.47 Å². The first kappa shape index (κ1) is 17.3. The Hall–Kier alpha value is -0.0982. The third kappa shape index (κ3) is 3.31. The van der Waals surface area contributed by atoms with E-state index >= 15 is 0 Å². The lowest BCUT2D eigenvalue weighted by atomic mass is 9.68. The number of unbranched alkanes of at least 4 members (excludes halogenated alkanes) is 3. The smallest absolute Gasteiger partial charge is 0.396 e.